The lowest BCUT2D eigenvalue weighted by molar-refractivity contribution is -0.115. The largest absolute Gasteiger partial charge is 0.486 e. The first-order valence-electron chi connectivity index (χ1n) is 9.89. The van der Waals surface area contributed by atoms with Crippen LogP contribution >= 0.6 is 43.6 Å². The van der Waals surface area contributed by atoms with Gasteiger partial charge in [-0.05, 0) is 92.5 Å². The van der Waals surface area contributed by atoms with Gasteiger partial charge < -0.3 is 10.1 Å². The first kappa shape index (κ1) is 23.3. The quantitative estimate of drug-likeness (QED) is 0.333. The number of hydrogen-bond acceptors (Lipinski definition) is 5. The van der Waals surface area contributed by atoms with Gasteiger partial charge in [0.25, 0.3) is 5.91 Å². The van der Waals surface area contributed by atoms with E-state index in [-0.39, 0.29) is 12.5 Å². The van der Waals surface area contributed by atoms with E-state index < -0.39 is 0 Å². The number of amidine groups is 1. The minimum absolute atomic E-state index is 0.188. The van der Waals surface area contributed by atoms with E-state index in [9.17, 15) is 10.1 Å². The normalized spacial score (nSPS) is 15.5. The molecule has 3 aromatic carbocycles. The Hall–Kier alpha value is -2.86. The summed E-state index contributed by atoms with van der Waals surface area (Å²) < 4.78 is 7.43. The first-order valence-corrected chi connectivity index (χ1v) is 12.3. The van der Waals surface area contributed by atoms with Gasteiger partial charge in [0.2, 0.25) is 0 Å². The van der Waals surface area contributed by atoms with Crippen molar-refractivity contribution in [2.45, 2.75) is 13.5 Å². The van der Waals surface area contributed by atoms with E-state index in [0.717, 1.165) is 31.3 Å². The summed E-state index contributed by atoms with van der Waals surface area (Å²) in [5, 5.41) is 12.6. The molecule has 1 aliphatic heterocycles. The summed E-state index contributed by atoms with van der Waals surface area (Å²) in [6.07, 6.45) is 1.81. The zero-order valence-electron chi connectivity index (χ0n) is 17.4. The van der Waals surface area contributed by atoms with Gasteiger partial charge in [-0.1, -0.05) is 35.9 Å². The number of rotatable bonds is 5. The SMILES string of the molecule is Cc1ccc(N=C2NC(=O)/C(=C\c3cc(Br)c(OCc4ccccc4C#N)c(Br)c3)S2)cc1. The Morgan fingerprint density at radius 3 is 2.52 bits per heavy atom. The first-order chi connectivity index (χ1) is 15.9. The number of benzene rings is 3. The Morgan fingerprint density at radius 1 is 1.12 bits per heavy atom. The lowest BCUT2D eigenvalue weighted by Gasteiger charge is -2.12. The second-order valence-electron chi connectivity index (χ2n) is 7.19. The van der Waals surface area contributed by atoms with E-state index in [1.54, 1.807) is 6.07 Å². The van der Waals surface area contributed by atoms with Crippen LogP contribution in [0.1, 0.15) is 22.3 Å². The van der Waals surface area contributed by atoms with Crippen molar-refractivity contribution in [2.24, 2.45) is 4.99 Å². The van der Waals surface area contributed by atoms with E-state index in [2.05, 4.69) is 48.2 Å². The van der Waals surface area contributed by atoms with Crippen LogP contribution in [-0.2, 0) is 11.4 Å². The molecule has 1 saturated heterocycles. The Balaban J connectivity index is 1.51. The number of aryl methyl sites for hydroxylation is 1. The molecule has 1 fully saturated rings. The summed E-state index contributed by atoms with van der Waals surface area (Å²) in [7, 11) is 0. The summed E-state index contributed by atoms with van der Waals surface area (Å²) in [5.74, 6) is 0.432. The molecule has 0 saturated carbocycles. The molecule has 3 aromatic rings. The maximum absolute atomic E-state index is 12.4. The lowest BCUT2D eigenvalue weighted by Crippen LogP contribution is -2.19. The van der Waals surface area contributed by atoms with E-state index in [4.69, 9.17) is 4.74 Å². The standard InChI is InChI=1S/C25H17Br2N3O2S/c1-15-6-8-19(9-7-15)29-25-30-24(31)22(33-25)12-16-10-20(26)23(21(27)11-16)32-14-18-5-3-2-4-17(18)13-28/h2-12H,14H2,1H3,(H,29,30,31)/b22-12+. The average molecular weight is 583 g/mol. The minimum Gasteiger partial charge on any atom is -0.486 e. The van der Waals surface area contributed by atoms with E-state index in [0.29, 0.717) is 21.4 Å². The van der Waals surface area contributed by atoms with E-state index >= 15 is 0 Å². The molecular formula is C25H17Br2N3O2S. The molecule has 0 radical (unpaired) electrons. The monoisotopic (exact) mass is 581 g/mol. The number of carbonyl (C=O) groups excluding carboxylic acids is 1. The third kappa shape index (κ3) is 5.74. The van der Waals surface area contributed by atoms with E-state index in [1.807, 2.05) is 67.6 Å². The maximum Gasteiger partial charge on any atom is 0.264 e. The van der Waals surface area contributed by atoms with Crippen molar-refractivity contribution in [2.75, 3.05) is 0 Å². The number of ether oxygens (including phenoxy) is 1. The Bertz CT molecular complexity index is 1310. The number of halogens is 2. The number of nitrogens with zero attached hydrogens (tertiary/aromatic N) is 2. The number of nitriles is 1. The van der Waals surface area contributed by atoms with Gasteiger partial charge in [-0.15, -0.1) is 0 Å². The molecule has 0 aromatic heterocycles. The molecule has 0 spiro atoms. The van der Waals surface area contributed by atoms with Crippen LogP contribution in [0, 0.1) is 18.3 Å². The lowest BCUT2D eigenvalue weighted by atomic mass is 10.1. The fourth-order valence-electron chi connectivity index (χ4n) is 3.07. The van der Waals surface area contributed by atoms with Crippen LogP contribution in [0.25, 0.3) is 6.08 Å². The van der Waals surface area contributed by atoms with Crippen molar-refractivity contribution < 1.29 is 9.53 Å². The topological polar surface area (TPSA) is 74.5 Å². The van der Waals surface area contributed by atoms with Crippen LogP contribution in [-0.4, -0.2) is 11.1 Å². The molecule has 4 rings (SSSR count). The predicted octanol–water partition coefficient (Wildman–Crippen LogP) is 6.86. The maximum atomic E-state index is 12.4. The average Bonchev–Trinajstić information content (AvgIpc) is 3.13. The highest BCUT2D eigenvalue weighted by Crippen LogP contribution is 2.37. The van der Waals surface area contributed by atoms with Crippen molar-refractivity contribution in [1.29, 1.82) is 5.26 Å². The number of hydrogen-bond donors (Lipinski definition) is 1. The number of amides is 1. The Labute approximate surface area is 212 Å². The van der Waals surface area contributed by atoms with Crippen LogP contribution in [0.15, 0.2) is 79.5 Å². The van der Waals surface area contributed by atoms with E-state index in [1.165, 1.54) is 11.8 Å². The van der Waals surface area contributed by atoms with Gasteiger partial charge in [0.15, 0.2) is 5.17 Å². The Kier molecular flexibility index (Phi) is 7.33. The highest BCUT2D eigenvalue weighted by atomic mass is 79.9. The number of thioether (sulfide) groups is 1. The van der Waals surface area contributed by atoms with Crippen molar-refractivity contribution in [1.82, 2.24) is 5.32 Å². The van der Waals surface area contributed by atoms with Gasteiger partial charge >= 0.3 is 0 Å². The summed E-state index contributed by atoms with van der Waals surface area (Å²) >= 11 is 8.40. The molecule has 33 heavy (non-hydrogen) atoms. The third-order valence-electron chi connectivity index (χ3n) is 4.74. The van der Waals surface area contributed by atoms with Crippen LogP contribution in [0.4, 0.5) is 5.69 Å². The molecule has 0 atom stereocenters. The summed E-state index contributed by atoms with van der Waals surface area (Å²) in [6.45, 7) is 2.28. The van der Waals surface area contributed by atoms with Crippen LogP contribution in [0.2, 0.25) is 0 Å². The highest BCUT2D eigenvalue weighted by molar-refractivity contribution is 9.11. The molecule has 164 valence electrons. The zero-order chi connectivity index (χ0) is 23.4. The number of carbonyl (C=O) groups is 1. The molecule has 8 heteroatoms. The second kappa shape index (κ2) is 10.4. The molecule has 1 heterocycles. The minimum atomic E-state index is -0.188. The molecule has 1 aliphatic rings. The molecular weight excluding hydrogens is 566 g/mol. The number of nitrogens with one attached hydrogen (secondary N) is 1. The molecule has 0 bridgehead atoms. The van der Waals surface area contributed by atoms with Crippen molar-refractivity contribution in [3.05, 3.63) is 96.8 Å². The van der Waals surface area contributed by atoms with Crippen molar-refractivity contribution >= 4 is 66.5 Å². The molecule has 5 nitrogen and oxygen atoms in total. The van der Waals surface area contributed by atoms with Gasteiger partial charge in [0.05, 0.1) is 31.2 Å². The van der Waals surface area contributed by atoms with Gasteiger partial charge in [-0.3, -0.25) is 4.79 Å². The predicted molar refractivity (Wildman–Crippen MR) is 139 cm³/mol. The van der Waals surface area contributed by atoms with Crippen LogP contribution in [0.3, 0.4) is 0 Å². The van der Waals surface area contributed by atoms with Crippen molar-refractivity contribution in [3.63, 3.8) is 0 Å². The van der Waals surface area contributed by atoms with Gasteiger partial charge in [-0.2, -0.15) is 5.26 Å². The molecule has 0 aliphatic carbocycles. The van der Waals surface area contributed by atoms with Gasteiger partial charge in [-0.25, -0.2) is 4.99 Å². The molecule has 1 N–H and O–H groups in total. The number of aliphatic imine (C=N–C) groups is 1. The van der Waals surface area contributed by atoms with Gasteiger partial charge in [0, 0.05) is 5.56 Å². The Morgan fingerprint density at radius 2 is 1.82 bits per heavy atom. The van der Waals surface area contributed by atoms with Crippen LogP contribution < -0.4 is 10.1 Å². The third-order valence-corrected chi connectivity index (χ3v) is 6.83. The smallest absolute Gasteiger partial charge is 0.264 e. The summed E-state index contributed by atoms with van der Waals surface area (Å²) in [6, 6.07) is 21.1. The van der Waals surface area contributed by atoms with Crippen LogP contribution in [0.5, 0.6) is 5.75 Å². The second-order valence-corrected chi connectivity index (χ2v) is 9.93. The fourth-order valence-corrected chi connectivity index (χ4v) is 5.37. The summed E-state index contributed by atoms with van der Waals surface area (Å²) in [5.41, 5.74) is 4.16. The summed E-state index contributed by atoms with van der Waals surface area (Å²) in [4.78, 5) is 17.5. The molecule has 0 unspecified atom stereocenters. The highest BCUT2D eigenvalue weighted by Gasteiger charge is 2.24. The fraction of sp³-hybridized carbons (Fsp3) is 0.0800. The zero-order valence-corrected chi connectivity index (χ0v) is 21.4. The van der Waals surface area contributed by atoms with Crippen molar-refractivity contribution in [3.8, 4) is 11.8 Å². The van der Waals surface area contributed by atoms with Gasteiger partial charge in [0.1, 0.15) is 12.4 Å². The molecule has 1 amide bonds.